The fourth-order valence-electron chi connectivity index (χ4n) is 4.43. The number of aromatic nitrogens is 3. The van der Waals surface area contributed by atoms with Crippen LogP contribution < -0.4 is 10.6 Å². The number of fused-ring (bicyclic) bond motifs is 1. The Morgan fingerprint density at radius 2 is 2.12 bits per heavy atom. The zero-order chi connectivity index (χ0) is 21.5. The van der Waals surface area contributed by atoms with Gasteiger partial charge in [-0.15, -0.1) is 24.0 Å². The van der Waals surface area contributed by atoms with Crippen molar-refractivity contribution in [1.29, 1.82) is 0 Å². The summed E-state index contributed by atoms with van der Waals surface area (Å²) in [6.07, 6.45) is 4.26. The highest BCUT2D eigenvalue weighted by Crippen LogP contribution is 2.33. The predicted octanol–water partition coefficient (Wildman–Crippen LogP) is 3.08. The van der Waals surface area contributed by atoms with E-state index < -0.39 is 0 Å². The van der Waals surface area contributed by atoms with Crippen LogP contribution in [0.3, 0.4) is 0 Å². The van der Waals surface area contributed by atoms with Crippen molar-refractivity contribution in [3.05, 3.63) is 47.5 Å². The van der Waals surface area contributed by atoms with Gasteiger partial charge in [0.25, 0.3) is 0 Å². The molecule has 4 rings (SSSR count). The molecule has 3 heterocycles. The number of nitrogens with one attached hydrogen (secondary N) is 2. The van der Waals surface area contributed by atoms with Crippen molar-refractivity contribution in [3.63, 3.8) is 0 Å². The minimum Gasteiger partial charge on any atom is -0.377 e. The summed E-state index contributed by atoms with van der Waals surface area (Å²) in [6.45, 7) is 5.74. The highest BCUT2D eigenvalue weighted by atomic mass is 127. The van der Waals surface area contributed by atoms with Gasteiger partial charge in [-0.2, -0.15) is 5.10 Å². The molecule has 0 spiro atoms. The van der Waals surface area contributed by atoms with Gasteiger partial charge in [0.05, 0.1) is 12.6 Å². The van der Waals surface area contributed by atoms with Crippen molar-refractivity contribution in [3.8, 4) is 0 Å². The van der Waals surface area contributed by atoms with E-state index in [1.54, 1.807) is 7.11 Å². The maximum absolute atomic E-state index is 6.14. The maximum atomic E-state index is 6.14. The molecule has 1 saturated heterocycles. The van der Waals surface area contributed by atoms with E-state index in [9.17, 15) is 0 Å². The van der Waals surface area contributed by atoms with Crippen LogP contribution in [0.2, 0.25) is 0 Å². The summed E-state index contributed by atoms with van der Waals surface area (Å²) in [5.41, 5.74) is 1.25. The molecule has 1 aromatic carbocycles. The number of halogens is 1. The van der Waals surface area contributed by atoms with Gasteiger partial charge in [-0.25, -0.2) is 9.67 Å². The number of nitrogens with zero attached hydrogens (tertiary/aromatic N) is 4. The molecular weight excluding hydrogens is 519 g/mol. The molecule has 176 valence electrons. The second-order valence-corrected chi connectivity index (χ2v) is 8.26. The summed E-state index contributed by atoms with van der Waals surface area (Å²) in [5.74, 6) is 3.04. The van der Waals surface area contributed by atoms with Crippen LogP contribution in [-0.2, 0) is 29.0 Å². The van der Waals surface area contributed by atoms with E-state index in [1.807, 2.05) is 4.68 Å². The minimum atomic E-state index is 0. The highest BCUT2D eigenvalue weighted by molar-refractivity contribution is 14.0. The third-order valence-electron chi connectivity index (χ3n) is 5.92. The Morgan fingerprint density at radius 1 is 1.28 bits per heavy atom. The van der Waals surface area contributed by atoms with Crippen molar-refractivity contribution in [2.75, 3.05) is 26.8 Å². The number of hydrogen-bond donors (Lipinski definition) is 2. The molecule has 1 fully saturated rings. The Hall–Kier alpha value is -1.72. The lowest BCUT2D eigenvalue weighted by molar-refractivity contribution is -0.0250. The van der Waals surface area contributed by atoms with Crippen LogP contribution in [0.25, 0.3) is 0 Å². The van der Waals surface area contributed by atoms with Crippen molar-refractivity contribution >= 4 is 29.9 Å². The van der Waals surface area contributed by atoms with Crippen LogP contribution in [0, 0.1) is 5.92 Å². The molecule has 1 aromatic heterocycles. The first-order valence-corrected chi connectivity index (χ1v) is 11.4. The summed E-state index contributed by atoms with van der Waals surface area (Å²) in [4.78, 5) is 9.51. The van der Waals surface area contributed by atoms with E-state index in [0.29, 0.717) is 12.5 Å². The van der Waals surface area contributed by atoms with Gasteiger partial charge in [-0.3, -0.25) is 4.99 Å². The van der Waals surface area contributed by atoms with Crippen molar-refractivity contribution in [2.24, 2.45) is 10.9 Å². The molecule has 3 unspecified atom stereocenters. The molecule has 2 N–H and O–H groups in total. The van der Waals surface area contributed by atoms with Crippen molar-refractivity contribution in [1.82, 2.24) is 25.4 Å². The summed E-state index contributed by atoms with van der Waals surface area (Å²) in [7, 11) is 1.67. The fourth-order valence-corrected chi connectivity index (χ4v) is 4.43. The highest BCUT2D eigenvalue weighted by Gasteiger charge is 2.28. The standard InChI is InChI=1S/C23H34N6O2.HI/c1-3-24-23(26-19-11-12-21-27-20(16-30-2)28-29(21)15-19)25-14-18-10-7-13-31-22(18)17-8-5-4-6-9-17;/h4-6,8-9,18-19,22H,3,7,10-16H2,1-2H3,(H2,24,25,26);1H. The smallest absolute Gasteiger partial charge is 0.191 e. The van der Waals surface area contributed by atoms with Crippen molar-refractivity contribution in [2.45, 2.75) is 57.9 Å². The average molecular weight is 554 g/mol. The molecule has 0 bridgehead atoms. The Kier molecular flexibility index (Phi) is 9.73. The van der Waals surface area contributed by atoms with Crippen LogP contribution in [0.1, 0.15) is 49.5 Å². The first kappa shape index (κ1) is 24.9. The molecule has 0 amide bonds. The maximum Gasteiger partial charge on any atom is 0.191 e. The number of rotatable bonds is 7. The number of benzene rings is 1. The quantitative estimate of drug-likeness (QED) is 0.311. The van der Waals surface area contributed by atoms with Gasteiger partial charge in [0.15, 0.2) is 11.8 Å². The lowest BCUT2D eigenvalue weighted by Crippen LogP contribution is -2.47. The number of methoxy groups -OCH3 is 1. The lowest BCUT2D eigenvalue weighted by atomic mass is 9.89. The predicted molar refractivity (Wildman–Crippen MR) is 135 cm³/mol. The molecule has 8 nitrogen and oxygen atoms in total. The van der Waals surface area contributed by atoms with E-state index >= 15 is 0 Å². The molecular formula is C23H35IN6O2. The van der Waals surface area contributed by atoms with Crippen LogP contribution >= 0.6 is 24.0 Å². The molecule has 0 aliphatic carbocycles. The number of guanidine groups is 1. The molecule has 0 radical (unpaired) electrons. The first-order valence-electron chi connectivity index (χ1n) is 11.4. The van der Waals surface area contributed by atoms with Gasteiger partial charge >= 0.3 is 0 Å². The first-order chi connectivity index (χ1) is 15.3. The molecule has 3 atom stereocenters. The van der Waals surface area contributed by atoms with Crippen LogP contribution in [0.5, 0.6) is 0 Å². The van der Waals surface area contributed by atoms with Gasteiger partial charge in [0, 0.05) is 45.2 Å². The largest absolute Gasteiger partial charge is 0.377 e. The SMILES string of the molecule is CCNC(=NCC1CCCOC1c1ccccc1)NC1CCc2nc(COC)nn2C1.I. The number of ether oxygens (including phenoxy) is 2. The minimum absolute atomic E-state index is 0. The van der Waals surface area contributed by atoms with E-state index in [4.69, 9.17) is 14.5 Å². The van der Waals surface area contributed by atoms with Gasteiger partial charge in [0.1, 0.15) is 12.4 Å². The molecule has 2 aromatic rings. The molecule has 2 aliphatic heterocycles. The van der Waals surface area contributed by atoms with Gasteiger partial charge < -0.3 is 20.1 Å². The zero-order valence-corrected chi connectivity index (χ0v) is 21.3. The molecule has 0 saturated carbocycles. The molecule has 9 heteroatoms. The Balaban J connectivity index is 0.00000289. The summed E-state index contributed by atoms with van der Waals surface area (Å²) >= 11 is 0. The summed E-state index contributed by atoms with van der Waals surface area (Å²) in [6, 6.07) is 10.8. The third-order valence-corrected chi connectivity index (χ3v) is 5.92. The second kappa shape index (κ2) is 12.5. The van der Waals surface area contributed by atoms with Crippen LogP contribution in [0.15, 0.2) is 35.3 Å². The van der Waals surface area contributed by atoms with E-state index in [1.165, 1.54) is 5.56 Å². The van der Waals surface area contributed by atoms with Gasteiger partial charge in [0.2, 0.25) is 0 Å². The second-order valence-electron chi connectivity index (χ2n) is 8.26. The van der Waals surface area contributed by atoms with Gasteiger partial charge in [-0.05, 0) is 31.7 Å². The lowest BCUT2D eigenvalue weighted by Gasteiger charge is -2.31. The normalized spacial score (nSPS) is 23.2. The number of aryl methyl sites for hydroxylation is 1. The molecule has 2 aliphatic rings. The third kappa shape index (κ3) is 6.41. The van der Waals surface area contributed by atoms with Gasteiger partial charge in [-0.1, -0.05) is 30.3 Å². The van der Waals surface area contributed by atoms with Crippen LogP contribution in [0.4, 0.5) is 0 Å². The van der Waals surface area contributed by atoms with E-state index in [0.717, 1.165) is 69.5 Å². The molecule has 32 heavy (non-hydrogen) atoms. The Labute approximate surface area is 207 Å². The summed E-state index contributed by atoms with van der Waals surface area (Å²) in [5, 5.41) is 11.6. The Morgan fingerprint density at radius 3 is 2.91 bits per heavy atom. The van der Waals surface area contributed by atoms with Crippen LogP contribution in [-0.4, -0.2) is 53.6 Å². The summed E-state index contributed by atoms with van der Waals surface area (Å²) < 4.78 is 13.3. The van der Waals surface area contributed by atoms with Crippen molar-refractivity contribution < 1.29 is 9.47 Å². The average Bonchev–Trinajstić information content (AvgIpc) is 3.20. The monoisotopic (exact) mass is 554 g/mol. The van der Waals surface area contributed by atoms with E-state index in [2.05, 4.69) is 58.0 Å². The topological polar surface area (TPSA) is 85.6 Å². The Bertz CT molecular complexity index is 859. The van der Waals surface area contributed by atoms with E-state index in [-0.39, 0.29) is 36.1 Å². The zero-order valence-electron chi connectivity index (χ0n) is 19.0. The fraction of sp³-hybridized carbons (Fsp3) is 0.609. The number of hydrogen-bond acceptors (Lipinski definition) is 5. The number of aliphatic imine (C=N–C) groups is 1.